The lowest BCUT2D eigenvalue weighted by molar-refractivity contribution is -0.163. The molecule has 0 heterocycles. The lowest BCUT2D eigenvalue weighted by atomic mass is 9.36. The third-order valence-corrected chi connectivity index (χ3v) is 13.4. The van der Waals surface area contributed by atoms with E-state index in [9.17, 15) is 4.79 Å². The molecule has 2 nitrogen and oxygen atoms in total. The molecule has 0 N–H and O–H groups in total. The second-order valence-electron chi connectivity index (χ2n) is 14.7. The Kier molecular flexibility index (Phi) is 5.34. The van der Waals surface area contributed by atoms with Gasteiger partial charge in [0.05, 0.1) is 13.0 Å². The molecule has 186 valence electrons. The van der Waals surface area contributed by atoms with E-state index in [1.165, 1.54) is 38.5 Å². The zero-order valence-corrected chi connectivity index (χ0v) is 23.0. The Morgan fingerprint density at radius 3 is 2.36 bits per heavy atom. The molecule has 0 aromatic heterocycles. The van der Waals surface area contributed by atoms with E-state index < -0.39 is 0 Å². The van der Waals surface area contributed by atoms with Crippen LogP contribution in [0.25, 0.3) is 0 Å². The monoisotopic (exact) mass is 454 g/mol. The largest absolute Gasteiger partial charge is 0.469 e. The van der Waals surface area contributed by atoms with Crippen molar-refractivity contribution in [1.29, 1.82) is 0 Å². The Bertz CT molecular complexity index is 855. The fraction of sp³-hybridized carbons (Fsp3) is 0.903. The van der Waals surface area contributed by atoms with Gasteiger partial charge >= 0.3 is 5.97 Å². The van der Waals surface area contributed by atoms with Crippen molar-refractivity contribution in [3.05, 3.63) is 11.6 Å². The minimum absolute atomic E-state index is 0.0443. The molecule has 4 saturated carbocycles. The molecule has 4 fully saturated rings. The molecule has 0 spiro atoms. The number of hydrogen-bond acceptors (Lipinski definition) is 2. The molecule has 2 heteroatoms. The van der Waals surface area contributed by atoms with E-state index in [4.69, 9.17) is 4.74 Å². The van der Waals surface area contributed by atoms with Gasteiger partial charge in [0.2, 0.25) is 0 Å². The summed E-state index contributed by atoms with van der Waals surface area (Å²) in [6.45, 7) is 20.6. The summed E-state index contributed by atoms with van der Waals surface area (Å²) in [6.07, 6.45) is 11.6. The van der Waals surface area contributed by atoms with E-state index >= 15 is 0 Å². The number of carbonyl (C=O) groups excluding carboxylic acids is 1. The highest BCUT2D eigenvalue weighted by Crippen LogP contribution is 2.76. The fourth-order valence-electron chi connectivity index (χ4n) is 11.4. The Hall–Kier alpha value is -0.790. The highest BCUT2D eigenvalue weighted by Gasteiger charge is 2.69. The predicted octanol–water partition coefficient (Wildman–Crippen LogP) is 7.92. The van der Waals surface area contributed by atoms with Gasteiger partial charge in [0.1, 0.15) is 0 Å². The summed E-state index contributed by atoms with van der Waals surface area (Å²) >= 11 is 0. The molecule has 0 radical (unpaired) electrons. The number of fused-ring (bicyclic) bond motifs is 7. The third-order valence-electron chi connectivity index (χ3n) is 13.4. The quantitative estimate of drug-likeness (QED) is 0.297. The third kappa shape index (κ3) is 2.88. The zero-order chi connectivity index (χ0) is 24.1. The Morgan fingerprint density at radius 2 is 1.70 bits per heavy atom. The average molecular weight is 455 g/mol. The lowest BCUT2D eigenvalue weighted by Crippen LogP contribution is -2.61. The topological polar surface area (TPSA) is 26.3 Å². The van der Waals surface area contributed by atoms with Gasteiger partial charge in [-0.15, -0.1) is 0 Å². The summed E-state index contributed by atoms with van der Waals surface area (Å²) in [4.78, 5) is 12.8. The van der Waals surface area contributed by atoms with Crippen molar-refractivity contribution >= 4 is 5.97 Å². The summed E-state index contributed by atoms with van der Waals surface area (Å²) in [7, 11) is 1.59. The van der Waals surface area contributed by atoms with Crippen LogP contribution < -0.4 is 0 Å². The summed E-state index contributed by atoms with van der Waals surface area (Å²) in [5.74, 6) is 4.81. The molecule has 5 aliphatic carbocycles. The number of rotatable bonds is 1. The van der Waals surface area contributed by atoms with E-state index in [1.807, 2.05) is 0 Å². The molecule has 33 heavy (non-hydrogen) atoms. The molecular weight excluding hydrogens is 404 g/mol. The molecule has 0 aromatic carbocycles. The van der Waals surface area contributed by atoms with Gasteiger partial charge in [-0.3, -0.25) is 4.79 Å². The van der Waals surface area contributed by atoms with E-state index in [0.717, 1.165) is 24.2 Å². The molecule has 0 amide bonds. The molecule has 5 aliphatic rings. The van der Waals surface area contributed by atoms with E-state index in [-0.39, 0.29) is 17.3 Å². The van der Waals surface area contributed by atoms with E-state index in [1.54, 1.807) is 12.7 Å². The van der Waals surface area contributed by atoms with E-state index in [0.29, 0.717) is 39.9 Å². The Labute approximate surface area is 203 Å². The van der Waals surface area contributed by atoms with Gasteiger partial charge in [0.25, 0.3) is 0 Å². The first-order valence-electron chi connectivity index (χ1n) is 14.1. The van der Waals surface area contributed by atoms with Gasteiger partial charge in [-0.25, -0.2) is 0 Å². The van der Waals surface area contributed by atoms with Crippen LogP contribution in [0.5, 0.6) is 0 Å². The van der Waals surface area contributed by atoms with Crippen LogP contribution in [0.1, 0.15) is 100 Å². The number of ether oxygens (including phenoxy) is 1. The van der Waals surface area contributed by atoms with Crippen molar-refractivity contribution in [2.45, 2.75) is 100 Å². The van der Waals surface area contributed by atoms with Gasteiger partial charge in [-0.1, -0.05) is 67.0 Å². The highest BCUT2D eigenvalue weighted by molar-refractivity contribution is 5.73. The van der Waals surface area contributed by atoms with Crippen molar-refractivity contribution in [3.8, 4) is 0 Å². The van der Waals surface area contributed by atoms with Crippen LogP contribution in [0, 0.1) is 69.0 Å². The van der Waals surface area contributed by atoms with Crippen LogP contribution in [0.2, 0.25) is 0 Å². The van der Waals surface area contributed by atoms with Crippen LogP contribution in [0.15, 0.2) is 11.6 Å². The summed E-state index contributed by atoms with van der Waals surface area (Å²) in [5.41, 5.74) is 3.29. The molecular formula is C31H50O2. The minimum Gasteiger partial charge on any atom is -0.469 e. The molecule has 0 aliphatic heterocycles. The van der Waals surface area contributed by atoms with Crippen molar-refractivity contribution in [2.75, 3.05) is 7.11 Å². The molecule has 6 unspecified atom stereocenters. The van der Waals surface area contributed by atoms with Crippen molar-refractivity contribution in [1.82, 2.24) is 0 Å². The first-order chi connectivity index (χ1) is 15.3. The molecule has 5 rings (SSSR count). The van der Waals surface area contributed by atoms with Crippen LogP contribution in [-0.4, -0.2) is 13.1 Å². The molecule has 11 atom stereocenters. The van der Waals surface area contributed by atoms with Crippen LogP contribution in [0.3, 0.4) is 0 Å². The number of carbonyl (C=O) groups is 1. The number of methoxy groups -OCH3 is 1. The van der Waals surface area contributed by atoms with Crippen molar-refractivity contribution in [2.24, 2.45) is 69.0 Å². The normalized spacial score (nSPS) is 54.9. The fourth-order valence-corrected chi connectivity index (χ4v) is 11.4. The number of allylic oxidation sites excluding steroid dienone is 2. The van der Waals surface area contributed by atoms with Crippen LogP contribution >= 0.6 is 0 Å². The van der Waals surface area contributed by atoms with Gasteiger partial charge in [0, 0.05) is 0 Å². The first kappa shape index (κ1) is 23.9. The van der Waals surface area contributed by atoms with Crippen molar-refractivity contribution < 1.29 is 9.53 Å². The summed E-state index contributed by atoms with van der Waals surface area (Å²) in [5, 5.41) is 0. The standard InChI is InChI=1S/C31H50O2/c1-18-16-22(27(32)33-9)21-12-14-29(6)23(26(21)20(18)3)10-11-25-30(29,7)15-13-24-28(4,5)17-19(2)31(24,25)8/h10,18-22,24-26H,11-17H2,1-9H3/t18-,19?,20+,21?,22?,24?,25?,26?,29-,30-,31+/m1/s1. The maximum atomic E-state index is 12.8. The summed E-state index contributed by atoms with van der Waals surface area (Å²) < 4.78 is 5.32. The maximum absolute atomic E-state index is 12.8. The van der Waals surface area contributed by atoms with Crippen LogP contribution in [0.4, 0.5) is 0 Å². The first-order valence-corrected chi connectivity index (χ1v) is 14.1. The number of esters is 1. The van der Waals surface area contributed by atoms with Crippen molar-refractivity contribution in [3.63, 3.8) is 0 Å². The summed E-state index contributed by atoms with van der Waals surface area (Å²) in [6, 6.07) is 0. The molecule has 0 bridgehead atoms. The maximum Gasteiger partial charge on any atom is 0.308 e. The second-order valence-corrected chi connectivity index (χ2v) is 14.7. The van der Waals surface area contributed by atoms with E-state index in [2.05, 4.69) is 61.5 Å². The Balaban J connectivity index is 1.58. The molecule has 0 aromatic rings. The highest BCUT2D eigenvalue weighted by atomic mass is 16.5. The van der Waals surface area contributed by atoms with Gasteiger partial charge in [-0.2, -0.15) is 0 Å². The lowest BCUT2D eigenvalue weighted by Gasteiger charge is -2.68. The number of hydrogen-bond donors (Lipinski definition) is 0. The van der Waals surface area contributed by atoms with Gasteiger partial charge < -0.3 is 4.74 Å². The second kappa shape index (κ2) is 7.36. The zero-order valence-electron chi connectivity index (χ0n) is 23.0. The Morgan fingerprint density at radius 1 is 1.00 bits per heavy atom. The van der Waals surface area contributed by atoms with Crippen LogP contribution in [-0.2, 0) is 9.53 Å². The SMILES string of the molecule is COC(=O)C1C[C@@H](C)[C@H](C)C2C3=CCC4[C@@]5(C)C(C)CC(C)(C)C5CC[C@@]4(C)[C@]3(C)CCC12. The predicted molar refractivity (Wildman–Crippen MR) is 135 cm³/mol. The average Bonchev–Trinajstić information content (AvgIpc) is 2.93. The van der Waals surface area contributed by atoms with Gasteiger partial charge in [0.15, 0.2) is 0 Å². The minimum atomic E-state index is 0.0443. The molecule has 0 saturated heterocycles. The smallest absolute Gasteiger partial charge is 0.308 e. The van der Waals surface area contributed by atoms with Gasteiger partial charge in [-0.05, 0) is 108 Å².